The molecule has 9 nitrogen and oxygen atoms in total. The zero-order chi connectivity index (χ0) is 28.8. The lowest BCUT2D eigenvalue weighted by Crippen LogP contribution is -2.36. The third-order valence-electron chi connectivity index (χ3n) is 6.85. The van der Waals surface area contributed by atoms with E-state index in [9.17, 15) is 27.1 Å². The lowest BCUT2D eigenvalue weighted by Gasteiger charge is -2.16. The summed E-state index contributed by atoms with van der Waals surface area (Å²) < 4.78 is 88.5. The summed E-state index contributed by atoms with van der Waals surface area (Å²) in [6.45, 7) is 0.0483. The van der Waals surface area contributed by atoms with E-state index in [0.29, 0.717) is 6.42 Å². The molecule has 3 aromatic rings. The lowest BCUT2D eigenvalue weighted by atomic mass is 9.97. The summed E-state index contributed by atoms with van der Waals surface area (Å²) in [5.41, 5.74) is 3.22. The normalized spacial score (nSPS) is 17.8. The van der Waals surface area contributed by atoms with Crippen LogP contribution in [-0.4, -0.2) is 37.7 Å². The molecule has 1 aliphatic carbocycles. The maximum Gasteiger partial charge on any atom is 0.262 e. The number of hydrogen-bond donors (Lipinski definition) is 6. The average molecular weight is 581 g/mol. The fraction of sp³-hybridized carbons (Fsp3) is 0.269. The summed E-state index contributed by atoms with van der Waals surface area (Å²) in [5.74, 6) is -5.12. The van der Waals surface area contributed by atoms with Crippen LogP contribution in [0.25, 0.3) is 11.1 Å². The molecule has 0 saturated carbocycles. The summed E-state index contributed by atoms with van der Waals surface area (Å²) in [7, 11) is -4.60. The van der Waals surface area contributed by atoms with Crippen molar-refractivity contribution in [2.45, 2.75) is 36.3 Å². The van der Waals surface area contributed by atoms with Gasteiger partial charge in [0.15, 0.2) is 11.6 Å². The molecule has 1 heterocycles. The van der Waals surface area contributed by atoms with E-state index in [1.54, 1.807) is 0 Å². The molecule has 2 unspecified atom stereocenters. The highest BCUT2D eigenvalue weighted by Gasteiger charge is 2.34. The van der Waals surface area contributed by atoms with E-state index in [2.05, 4.69) is 16.2 Å². The standard InChI is InChI=1S/C26H24F4N4O5S/c27-12-10-16-13(4-7-19(16)36)20(11-12)40(38,39)34-18-6-5-17(28)21(23(18)30)14-2-3-15-24(22(14)29)32-33-25(15)26(37)31-8-1-9-35/h2-3,5-6,10-11,19,25,32-36H,1,4,7-9H2,(H,31,37). The third-order valence-corrected chi connectivity index (χ3v) is 8.28. The monoisotopic (exact) mass is 580 g/mol. The molecule has 0 saturated heterocycles. The van der Waals surface area contributed by atoms with Gasteiger partial charge in [0, 0.05) is 24.3 Å². The average Bonchev–Trinajstić information content (AvgIpc) is 3.51. The van der Waals surface area contributed by atoms with Gasteiger partial charge in [0.25, 0.3) is 10.0 Å². The third kappa shape index (κ3) is 4.87. The van der Waals surface area contributed by atoms with Gasteiger partial charge in [-0.25, -0.2) is 31.4 Å². The molecule has 212 valence electrons. The second-order valence-electron chi connectivity index (χ2n) is 9.38. The highest BCUT2D eigenvalue weighted by atomic mass is 32.2. The minimum atomic E-state index is -4.60. The molecule has 0 bridgehead atoms. The van der Waals surface area contributed by atoms with Crippen molar-refractivity contribution in [1.29, 1.82) is 0 Å². The molecule has 3 aromatic carbocycles. The number of halogens is 4. The number of fused-ring (bicyclic) bond motifs is 2. The van der Waals surface area contributed by atoms with Gasteiger partial charge in [0.1, 0.15) is 17.7 Å². The molecule has 0 fully saturated rings. The maximum absolute atomic E-state index is 15.6. The highest BCUT2D eigenvalue weighted by molar-refractivity contribution is 7.92. The highest BCUT2D eigenvalue weighted by Crippen LogP contribution is 2.41. The van der Waals surface area contributed by atoms with Gasteiger partial charge in [0.2, 0.25) is 5.91 Å². The minimum absolute atomic E-state index is 0.113. The molecule has 1 amide bonds. The first-order valence-electron chi connectivity index (χ1n) is 12.3. The number of carbonyl (C=O) groups excluding carboxylic acids is 1. The topological polar surface area (TPSA) is 140 Å². The number of rotatable bonds is 8. The van der Waals surface area contributed by atoms with Gasteiger partial charge < -0.3 is 21.0 Å². The number of aliphatic hydroxyl groups excluding tert-OH is 2. The van der Waals surface area contributed by atoms with Gasteiger partial charge in [0.05, 0.1) is 27.9 Å². The predicted octanol–water partition coefficient (Wildman–Crippen LogP) is 3.16. The first-order chi connectivity index (χ1) is 19.0. The van der Waals surface area contributed by atoms with Crippen LogP contribution >= 0.6 is 0 Å². The van der Waals surface area contributed by atoms with Crippen molar-refractivity contribution in [2.24, 2.45) is 0 Å². The molecular weight excluding hydrogens is 556 g/mol. The van der Waals surface area contributed by atoms with E-state index in [4.69, 9.17) is 5.11 Å². The van der Waals surface area contributed by atoms with E-state index in [0.717, 1.165) is 30.3 Å². The molecule has 0 spiro atoms. The number of hydrazine groups is 1. The Labute approximate surface area is 226 Å². The van der Waals surface area contributed by atoms with Crippen LogP contribution in [0.4, 0.5) is 28.9 Å². The number of amides is 1. The van der Waals surface area contributed by atoms with Crippen LogP contribution in [0, 0.1) is 23.3 Å². The summed E-state index contributed by atoms with van der Waals surface area (Å²) in [5, 5.41) is 21.5. The minimum Gasteiger partial charge on any atom is -0.396 e. The molecule has 40 heavy (non-hydrogen) atoms. The Morgan fingerprint density at radius 2 is 1.82 bits per heavy atom. The molecule has 2 atom stereocenters. The number of carbonyl (C=O) groups is 1. The fourth-order valence-corrected chi connectivity index (χ4v) is 6.29. The Morgan fingerprint density at radius 3 is 2.58 bits per heavy atom. The van der Waals surface area contributed by atoms with E-state index in [-0.39, 0.29) is 48.4 Å². The Hall–Kier alpha value is -3.72. The van der Waals surface area contributed by atoms with Crippen LogP contribution < -0.4 is 20.9 Å². The van der Waals surface area contributed by atoms with Gasteiger partial charge in [-0.3, -0.25) is 9.52 Å². The summed E-state index contributed by atoms with van der Waals surface area (Å²) in [6.07, 6.45) is -0.409. The molecule has 6 N–H and O–H groups in total. The Morgan fingerprint density at radius 1 is 1.05 bits per heavy atom. The van der Waals surface area contributed by atoms with Crippen LogP contribution in [0.5, 0.6) is 0 Å². The van der Waals surface area contributed by atoms with Crippen molar-refractivity contribution in [3.8, 4) is 11.1 Å². The van der Waals surface area contributed by atoms with Crippen molar-refractivity contribution in [3.05, 3.63) is 76.4 Å². The number of anilines is 2. The molecule has 14 heteroatoms. The zero-order valence-electron chi connectivity index (χ0n) is 20.7. The van der Waals surface area contributed by atoms with Crippen molar-refractivity contribution in [2.75, 3.05) is 23.3 Å². The first kappa shape index (κ1) is 27.8. The molecule has 0 radical (unpaired) electrons. The summed E-state index contributed by atoms with van der Waals surface area (Å²) in [6, 6.07) is 4.70. The maximum atomic E-state index is 15.6. The molecular formula is C26H24F4N4O5S. The fourth-order valence-electron chi connectivity index (χ4n) is 4.92. The van der Waals surface area contributed by atoms with E-state index < -0.39 is 73.1 Å². The van der Waals surface area contributed by atoms with Gasteiger partial charge in [-0.05, 0) is 54.7 Å². The number of sulfonamides is 1. The van der Waals surface area contributed by atoms with Crippen LogP contribution in [0.3, 0.4) is 0 Å². The van der Waals surface area contributed by atoms with Gasteiger partial charge in [-0.2, -0.15) is 0 Å². The Balaban J connectivity index is 1.49. The lowest BCUT2D eigenvalue weighted by molar-refractivity contribution is -0.123. The van der Waals surface area contributed by atoms with Crippen molar-refractivity contribution >= 4 is 27.3 Å². The SMILES string of the molecule is O=C(NCCCO)C1NNc2c1ccc(-c1c(F)ccc(NS(=O)(=O)c3cc(F)cc4c3CCC4O)c1F)c2F. The molecule has 5 rings (SSSR count). The summed E-state index contributed by atoms with van der Waals surface area (Å²) >= 11 is 0. The Kier molecular flexibility index (Phi) is 7.44. The quantitative estimate of drug-likeness (QED) is 0.178. The molecule has 0 aromatic heterocycles. The van der Waals surface area contributed by atoms with Gasteiger partial charge in [-0.15, -0.1) is 0 Å². The second-order valence-corrected chi connectivity index (χ2v) is 11.0. The van der Waals surface area contributed by atoms with Crippen molar-refractivity contribution in [1.82, 2.24) is 10.7 Å². The molecule has 2 aliphatic rings. The second kappa shape index (κ2) is 10.7. The predicted molar refractivity (Wildman–Crippen MR) is 136 cm³/mol. The van der Waals surface area contributed by atoms with Crippen LogP contribution in [0.2, 0.25) is 0 Å². The van der Waals surface area contributed by atoms with Gasteiger partial charge in [-0.1, -0.05) is 12.1 Å². The smallest absolute Gasteiger partial charge is 0.262 e. The number of aliphatic hydroxyl groups is 2. The van der Waals surface area contributed by atoms with Gasteiger partial charge >= 0.3 is 0 Å². The summed E-state index contributed by atoms with van der Waals surface area (Å²) in [4.78, 5) is 11.9. The number of hydrogen-bond acceptors (Lipinski definition) is 7. The zero-order valence-corrected chi connectivity index (χ0v) is 21.5. The number of nitrogens with one attached hydrogen (secondary N) is 4. The first-order valence-corrected chi connectivity index (χ1v) is 13.8. The van der Waals surface area contributed by atoms with E-state index >= 15 is 8.78 Å². The van der Waals surface area contributed by atoms with Crippen LogP contribution in [0.15, 0.2) is 41.3 Å². The molecule has 1 aliphatic heterocycles. The van der Waals surface area contributed by atoms with E-state index in [1.807, 2.05) is 4.72 Å². The van der Waals surface area contributed by atoms with Crippen LogP contribution in [0.1, 0.15) is 41.7 Å². The number of benzene rings is 3. The van der Waals surface area contributed by atoms with Crippen LogP contribution in [-0.2, 0) is 21.2 Å². The largest absolute Gasteiger partial charge is 0.396 e. The Bertz CT molecular complexity index is 1620. The van der Waals surface area contributed by atoms with Crippen molar-refractivity contribution < 1.29 is 41.0 Å². The van der Waals surface area contributed by atoms with E-state index in [1.165, 1.54) is 6.07 Å². The van der Waals surface area contributed by atoms with Crippen molar-refractivity contribution in [3.63, 3.8) is 0 Å².